The highest BCUT2D eigenvalue weighted by molar-refractivity contribution is 6.05. The van der Waals surface area contributed by atoms with Gasteiger partial charge in [0.2, 0.25) is 0 Å². The molecule has 3 fully saturated rings. The van der Waals surface area contributed by atoms with Crippen molar-refractivity contribution in [2.75, 3.05) is 46.1 Å². The molecule has 8 nitrogen and oxygen atoms in total. The zero-order valence-corrected chi connectivity index (χ0v) is 24.5. The molecule has 0 N–H and O–H groups in total. The van der Waals surface area contributed by atoms with Crippen LogP contribution in [0.2, 0.25) is 0 Å². The molecule has 4 heterocycles. The fourth-order valence-corrected chi connectivity index (χ4v) is 6.65. The first kappa shape index (κ1) is 28.3. The van der Waals surface area contributed by atoms with Crippen LogP contribution in [0.3, 0.4) is 0 Å². The van der Waals surface area contributed by atoms with Gasteiger partial charge in [-0.2, -0.15) is 5.10 Å². The van der Waals surface area contributed by atoms with Crippen LogP contribution in [0.4, 0.5) is 4.39 Å². The van der Waals surface area contributed by atoms with Gasteiger partial charge in [0.25, 0.3) is 5.91 Å². The van der Waals surface area contributed by atoms with E-state index in [-0.39, 0.29) is 18.2 Å². The Morgan fingerprint density at radius 2 is 1.88 bits per heavy atom. The number of aryl methyl sites for hydroxylation is 1. The number of hydrogen-bond donors (Lipinski definition) is 0. The third-order valence-corrected chi connectivity index (χ3v) is 9.03. The molecule has 0 bridgehead atoms. The van der Waals surface area contributed by atoms with Crippen molar-refractivity contribution in [3.8, 4) is 11.1 Å². The molecule has 3 aliphatic rings. The average Bonchev–Trinajstić information content (AvgIpc) is 3.59. The number of amides is 1. The van der Waals surface area contributed by atoms with E-state index >= 15 is 0 Å². The van der Waals surface area contributed by atoms with Crippen molar-refractivity contribution in [2.45, 2.75) is 57.9 Å². The van der Waals surface area contributed by atoms with Gasteiger partial charge in [-0.25, -0.2) is 4.39 Å². The number of ether oxygens (including phenoxy) is 3. The quantitative estimate of drug-likeness (QED) is 0.391. The highest BCUT2D eigenvalue weighted by Crippen LogP contribution is 2.39. The Labute approximate surface area is 241 Å². The van der Waals surface area contributed by atoms with Crippen LogP contribution < -0.4 is 0 Å². The number of hydrogen-bond acceptors (Lipinski definition) is 6. The fourth-order valence-electron chi connectivity index (χ4n) is 6.65. The summed E-state index contributed by atoms with van der Waals surface area (Å²) >= 11 is 0. The van der Waals surface area contributed by atoms with E-state index < -0.39 is 5.82 Å². The fraction of sp³-hybridized carbons (Fsp3) is 0.562. The lowest BCUT2D eigenvalue weighted by atomic mass is 9.84. The molecule has 41 heavy (non-hydrogen) atoms. The average molecular weight is 565 g/mol. The van der Waals surface area contributed by atoms with Gasteiger partial charge in [0.1, 0.15) is 5.82 Å². The summed E-state index contributed by atoms with van der Waals surface area (Å²) in [4.78, 5) is 18.1. The second kappa shape index (κ2) is 11.8. The van der Waals surface area contributed by atoms with Crippen molar-refractivity contribution in [3.05, 3.63) is 53.5 Å². The minimum Gasteiger partial charge on any atom is -0.377 e. The Morgan fingerprint density at radius 1 is 1.10 bits per heavy atom. The van der Waals surface area contributed by atoms with Gasteiger partial charge in [0, 0.05) is 44.0 Å². The summed E-state index contributed by atoms with van der Waals surface area (Å²) in [5.41, 5.74) is 4.27. The number of aromatic nitrogens is 2. The normalized spacial score (nSPS) is 21.6. The maximum Gasteiger partial charge on any atom is 0.254 e. The molecule has 1 unspecified atom stereocenters. The van der Waals surface area contributed by atoms with E-state index in [9.17, 15) is 9.18 Å². The maximum atomic E-state index is 14.6. The molecule has 0 saturated carbocycles. The van der Waals surface area contributed by atoms with Crippen molar-refractivity contribution < 1.29 is 23.4 Å². The van der Waals surface area contributed by atoms with Gasteiger partial charge in [0.15, 0.2) is 6.29 Å². The number of morpholine rings is 1. The molecule has 2 atom stereocenters. The van der Waals surface area contributed by atoms with Gasteiger partial charge >= 0.3 is 0 Å². The molecule has 3 aliphatic heterocycles. The minimum absolute atomic E-state index is 0.0706. The van der Waals surface area contributed by atoms with E-state index in [1.807, 2.05) is 24.9 Å². The van der Waals surface area contributed by atoms with E-state index in [2.05, 4.69) is 36.0 Å². The molecule has 1 aromatic heterocycles. The van der Waals surface area contributed by atoms with E-state index in [4.69, 9.17) is 14.2 Å². The molecular weight excluding hydrogens is 523 g/mol. The molecular formula is C32H41FN4O4. The molecule has 0 aliphatic carbocycles. The lowest BCUT2D eigenvalue weighted by molar-refractivity contribution is -0.0564. The zero-order chi connectivity index (χ0) is 28.7. The van der Waals surface area contributed by atoms with E-state index in [1.54, 1.807) is 11.0 Å². The summed E-state index contributed by atoms with van der Waals surface area (Å²) in [6.07, 6.45) is 3.73. The Balaban J connectivity index is 1.29. The molecule has 3 aromatic rings. The Morgan fingerprint density at radius 3 is 2.61 bits per heavy atom. The molecule has 0 radical (unpaired) electrons. The predicted molar refractivity (Wildman–Crippen MR) is 155 cm³/mol. The number of carbonyl (C=O) groups is 1. The molecule has 220 valence electrons. The van der Waals surface area contributed by atoms with Crippen molar-refractivity contribution in [3.63, 3.8) is 0 Å². The molecule has 1 amide bonds. The van der Waals surface area contributed by atoms with Gasteiger partial charge in [-0.15, -0.1) is 0 Å². The lowest BCUT2D eigenvalue weighted by Crippen LogP contribution is -2.52. The zero-order valence-electron chi connectivity index (χ0n) is 24.5. The number of likely N-dealkylation sites (tertiary alicyclic amines) is 1. The van der Waals surface area contributed by atoms with Crippen molar-refractivity contribution in [1.29, 1.82) is 0 Å². The topological polar surface area (TPSA) is 69.1 Å². The van der Waals surface area contributed by atoms with E-state index in [1.165, 1.54) is 17.7 Å². The van der Waals surface area contributed by atoms with Gasteiger partial charge in [-0.1, -0.05) is 19.9 Å². The third-order valence-electron chi connectivity index (χ3n) is 9.03. The molecule has 9 heteroatoms. The SMILES string of the molecule is CC(C)C(CCC1OCCO1)N1CC(c2cc(-c3ccc(F)cc3C(=O)N3CCOC[C@H]3C)c3cnn(C)c3c2)C1. The Bertz CT molecular complexity index is 1400. The summed E-state index contributed by atoms with van der Waals surface area (Å²) < 4.78 is 33.4. The summed E-state index contributed by atoms with van der Waals surface area (Å²) in [6.45, 7) is 11.3. The second-order valence-corrected chi connectivity index (χ2v) is 12.1. The molecule has 3 saturated heterocycles. The third kappa shape index (κ3) is 5.65. The highest BCUT2D eigenvalue weighted by atomic mass is 19.1. The number of halogens is 1. The van der Waals surface area contributed by atoms with Crippen molar-refractivity contribution in [2.24, 2.45) is 13.0 Å². The van der Waals surface area contributed by atoms with Gasteiger partial charge in [0.05, 0.1) is 49.7 Å². The number of rotatable bonds is 8. The van der Waals surface area contributed by atoms with Crippen LogP contribution in [0, 0.1) is 11.7 Å². The van der Waals surface area contributed by atoms with Gasteiger partial charge in [-0.05, 0) is 66.6 Å². The van der Waals surface area contributed by atoms with Gasteiger partial charge < -0.3 is 19.1 Å². The summed E-state index contributed by atoms with van der Waals surface area (Å²) in [5, 5.41) is 5.50. The minimum atomic E-state index is -0.417. The van der Waals surface area contributed by atoms with Crippen molar-refractivity contribution in [1.82, 2.24) is 19.6 Å². The standard InChI is InChI=1S/C32H41FN4O4/c1-20(2)29(7-8-31-40-11-12-41-31)36-17-23(18-36)22-13-26(28-16-34-35(4)30(28)14-22)25-6-5-24(33)15-27(25)32(38)37-9-10-39-19-21(37)3/h5-6,13-16,20-21,23,29,31H,7-12,17-19H2,1-4H3/t21-,29?/m1/s1. The highest BCUT2D eigenvalue weighted by Gasteiger charge is 2.36. The monoisotopic (exact) mass is 564 g/mol. The Kier molecular flexibility index (Phi) is 8.14. The van der Waals surface area contributed by atoms with Crippen LogP contribution in [0.15, 0.2) is 36.5 Å². The van der Waals surface area contributed by atoms with Crippen LogP contribution in [0.5, 0.6) is 0 Å². The smallest absolute Gasteiger partial charge is 0.254 e. The van der Waals surface area contributed by atoms with E-state index in [0.29, 0.717) is 56.4 Å². The summed E-state index contributed by atoms with van der Waals surface area (Å²) in [6, 6.07) is 9.39. The number of fused-ring (bicyclic) bond motifs is 1. The number of nitrogens with zero attached hydrogens (tertiary/aromatic N) is 4. The van der Waals surface area contributed by atoms with Crippen molar-refractivity contribution >= 4 is 16.8 Å². The molecule has 0 spiro atoms. The van der Waals surface area contributed by atoms with E-state index in [0.717, 1.165) is 48.0 Å². The molecule has 2 aromatic carbocycles. The largest absolute Gasteiger partial charge is 0.377 e. The summed E-state index contributed by atoms with van der Waals surface area (Å²) in [5.74, 6) is 0.317. The van der Waals surface area contributed by atoms with Crippen LogP contribution in [0.25, 0.3) is 22.0 Å². The Hall–Kier alpha value is -2.85. The summed E-state index contributed by atoms with van der Waals surface area (Å²) in [7, 11) is 1.94. The first-order valence-corrected chi connectivity index (χ1v) is 14.9. The van der Waals surface area contributed by atoms with Crippen LogP contribution in [0.1, 0.15) is 55.5 Å². The number of carbonyl (C=O) groups excluding carboxylic acids is 1. The first-order valence-electron chi connectivity index (χ1n) is 14.9. The number of benzene rings is 2. The second-order valence-electron chi connectivity index (χ2n) is 12.1. The van der Waals surface area contributed by atoms with Crippen LogP contribution >= 0.6 is 0 Å². The van der Waals surface area contributed by atoms with Crippen LogP contribution in [-0.2, 0) is 21.3 Å². The predicted octanol–water partition coefficient (Wildman–Crippen LogP) is 4.82. The lowest BCUT2D eigenvalue weighted by Gasteiger charge is -2.46. The maximum absolute atomic E-state index is 14.6. The molecule has 6 rings (SSSR count). The van der Waals surface area contributed by atoms with Crippen LogP contribution in [-0.4, -0.2) is 89.9 Å². The first-order chi connectivity index (χ1) is 19.8. The van der Waals surface area contributed by atoms with Gasteiger partial charge in [-0.3, -0.25) is 14.4 Å².